The Balaban J connectivity index is 1.40. The summed E-state index contributed by atoms with van der Waals surface area (Å²) in [6.07, 6.45) is 3.20. The van der Waals surface area contributed by atoms with Crippen LogP contribution in [0.1, 0.15) is 20.8 Å². The number of nitrogens with one attached hydrogen (secondary N) is 1. The Morgan fingerprint density at radius 2 is 1.76 bits per heavy atom. The van der Waals surface area contributed by atoms with Crippen LogP contribution in [0.25, 0.3) is 11.3 Å². The molecule has 0 saturated carbocycles. The van der Waals surface area contributed by atoms with Crippen LogP contribution < -0.4 is 4.74 Å². The summed E-state index contributed by atoms with van der Waals surface area (Å²) in [6.45, 7) is 1.91. The summed E-state index contributed by atoms with van der Waals surface area (Å²) in [7, 11) is 1.61. The van der Waals surface area contributed by atoms with Crippen molar-refractivity contribution in [3.63, 3.8) is 0 Å². The van der Waals surface area contributed by atoms with E-state index in [4.69, 9.17) is 4.74 Å². The van der Waals surface area contributed by atoms with Gasteiger partial charge in [0.2, 0.25) is 0 Å². The van der Waals surface area contributed by atoms with Gasteiger partial charge in [0.05, 0.1) is 18.4 Å². The number of hydrogen-bond donors (Lipinski definition) is 1. The number of carbonyl (C=O) groups excluding carboxylic acids is 2. The van der Waals surface area contributed by atoms with Gasteiger partial charge in [0.15, 0.2) is 0 Å². The number of rotatable bonds is 4. The zero-order valence-electron chi connectivity index (χ0n) is 16.0. The molecule has 29 heavy (non-hydrogen) atoms. The summed E-state index contributed by atoms with van der Waals surface area (Å²) in [6, 6.07) is 12.7. The van der Waals surface area contributed by atoms with Gasteiger partial charge >= 0.3 is 0 Å². The second-order valence-corrected chi connectivity index (χ2v) is 6.72. The number of nitrogens with zero attached hydrogens (tertiary/aromatic N) is 4. The van der Waals surface area contributed by atoms with Crippen LogP contribution >= 0.6 is 0 Å². The fourth-order valence-electron chi connectivity index (χ4n) is 3.32. The van der Waals surface area contributed by atoms with E-state index in [1.165, 1.54) is 0 Å². The van der Waals surface area contributed by atoms with Gasteiger partial charge in [0.25, 0.3) is 11.8 Å². The van der Waals surface area contributed by atoms with Crippen molar-refractivity contribution >= 4 is 11.8 Å². The first kappa shape index (κ1) is 18.7. The molecule has 8 nitrogen and oxygen atoms in total. The minimum atomic E-state index is -0.125. The van der Waals surface area contributed by atoms with Gasteiger partial charge in [-0.15, -0.1) is 0 Å². The van der Waals surface area contributed by atoms with Crippen LogP contribution in [0.15, 0.2) is 54.9 Å². The lowest BCUT2D eigenvalue weighted by molar-refractivity contribution is 0.0532. The first-order chi connectivity index (χ1) is 14.2. The number of carbonyl (C=O) groups is 2. The molecule has 8 heteroatoms. The standard InChI is InChI=1S/C21H21N5O3/c1-29-17-6-2-4-15(12-17)18-13-19(24-23-18)21(28)26-10-8-25(9-11-26)20(27)16-5-3-7-22-14-16/h2-7,12-14H,8-11H2,1H3,(H,23,24). The molecule has 0 aliphatic carbocycles. The average molecular weight is 391 g/mol. The number of ether oxygens (including phenoxy) is 1. The molecule has 1 aromatic carbocycles. The normalized spacial score (nSPS) is 14.0. The summed E-state index contributed by atoms with van der Waals surface area (Å²) in [4.78, 5) is 32.8. The van der Waals surface area contributed by atoms with E-state index in [1.54, 1.807) is 47.5 Å². The maximum atomic E-state index is 12.8. The average Bonchev–Trinajstić information content (AvgIpc) is 3.29. The molecule has 1 N–H and O–H groups in total. The van der Waals surface area contributed by atoms with Crippen LogP contribution in [-0.2, 0) is 0 Å². The van der Waals surface area contributed by atoms with E-state index in [9.17, 15) is 9.59 Å². The quantitative estimate of drug-likeness (QED) is 0.735. The molecule has 1 fully saturated rings. The molecule has 0 unspecified atom stereocenters. The molecule has 0 atom stereocenters. The fraction of sp³-hybridized carbons (Fsp3) is 0.238. The van der Waals surface area contributed by atoms with Crippen molar-refractivity contribution in [2.75, 3.05) is 33.3 Å². The molecule has 4 rings (SSSR count). The lowest BCUT2D eigenvalue weighted by Crippen LogP contribution is -2.50. The monoisotopic (exact) mass is 391 g/mol. The van der Waals surface area contributed by atoms with Crippen LogP contribution in [-0.4, -0.2) is 70.1 Å². The third-order valence-corrected chi connectivity index (χ3v) is 4.94. The molecule has 3 heterocycles. The zero-order chi connectivity index (χ0) is 20.2. The van der Waals surface area contributed by atoms with Crippen molar-refractivity contribution in [1.29, 1.82) is 0 Å². The Morgan fingerprint density at radius 1 is 1.00 bits per heavy atom. The van der Waals surface area contributed by atoms with Gasteiger partial charge in [-0.1, -0.05) is 12.1 Å². The van der Waals surface area contributed by atoms with Gasteiger partial charge in [-0.25, -0.2) is 0 Å². The van der Waals surface area contributed by atoms with E-state index in [2.05, 4.69) is 15.2 Å². The molecule has 0 radical (unpaired) electrons. The maximum absolute atomic E-state index is 12.8. The third-order valence-electron chi connectivity index (χ3n) is 4.94. The molecular formula is C21H21N5O3. The summed E-state index contributed by atoms with van der Waals surface area (Å²) in [5.74, 6) is 0.542. The molecular weight excluding hydrogens is 370 g/mol. The first-order valence-electron chi connectivity index (χ1n) is 9.34. The predicted molar refractivity (Wildman–Crippen MR) is 107 cm³/mol. The van der Waals surface area contributed by atoms with Crippen LogP contribution in [0.2, 0.25) is 0 Å². The topological polar surface area (TPSA) is 91.4 Å². The number of aromatic nitrogens is 3. The number of pyridine rings is 1. The van der Waals surface area contributed by atoms with Crippen molar-refractivity contribution in [2.45, 2.75) is 0 Å². The highest BCUT2D eigenvalue weighted by Gasteiger charge is 2.26. The molecule has 0 bridgehead atoms. The molecule has 2 amide bonds. The summed E-state index contributed by atoms with van der Waals surface area (Å²) < 4.78 is 5.24. The second kappa shape index (κ2) is 8.14. The van der Waals surface area contributed by atoms with Gasteiger partial charge in [0, 0.05) is 44.1 Å². The lowest BCUT2D eigenvalue weighted by atomic mass is 10.1. The minimum Gasteiger partial charge on any atom is -0.497 e. The highest BCUT2D eigenvalue weighted by atomic mass is 16.5. The number of H-pyrrole nitrogens is 1. The summed E-state index contributed by atoms with van der Waals surface area (Å²) in [5, 5.41) is 7.09. The number of benzene rings is 1. The predicted octanol–water partition coefficient (Wildman–Crippen LogP) is 2.08. The van der Waals surface area contributed by atoms with E-state index >= 15 is 0 Å². The lowest BCUT2D eigenvalue weighted by Gasteiger charge is -2.34. The number of methoxy groups -OCH3 is 1. The second-order valence-electron chi connectivity index (χ2n) is 6.72. The molecule has 0 spiro atoms. The number of hydrogen-bond acceptors (Lipinski definition) is 5. The van der Waals surface area contributed by atoms with E-state index in [1.807, 2.05) is 24.3 Å². The first-order valence-corrected chi connectivity index (χ1v) is 9.34. The summed E-state index contributed by atoms with van der Waals surface area (Å²) in [5.41, 5.74) is 2.53. The van der Waals surface area contributed by atoms with Gasteiger partial charge in [0.1, 0.15) is 11.4 Å². The van der Waals surface area contributed by atoms with Crippen molar-refractivity contribution < 1.29 is 14.3 Å². The maximum Gasteiger partial charge on any atom is 0.272 e. The van der Waals surface area contributed by atoms with Crippen molar-refractivity contribution in [3.05, 3.63) is 66.1 Å². The Labute approximate surface area is 168 Å². The smallest absolute Gasteiger partial charge is 0.272 e. The van der Waals surface area contributed by atoms with E-state index < -0.39 is 0 Å². The Kier molecular flexibility index (Phi) is 5.24. The highest BCUT2D eigenvalue weighted by Crippen LogP contribution is 2.23. The molecule has 2 aromatic heterocycles. The van der Waals surface area contributed by atoms with Crippen LogP contribution in [0.3, 0.4) is 0 Å². The van der Waals surface area contributed by atoms with Crippen LogP contribution in [0, 0.1) is 0 Å². The number of amides is 2. The molecule has 1 aliphatic heterocycles. The fourth-order valence-corrected chi connectivity index (χ4v) is 3.32. The van der Waals surface area contributed by atoms with Gasteiger partial charge in [-0.2, -0.15) is 5.10 Å². The van der Waals surface area contributed by atoms with E-state index in [0.29, 0.717) is 43.1 Å². The minimum absolute atomic E-state index is 0.0629. The molecule has 148 valence electrons. The Hall–Kier alpha value is -3.68. The van der Waals surface area contributed by atoms with Crippen LogP contribution in [0.5, 0.6) is 5.75 Å². The van der Waals surface area contributed by atoms with Crippen molar-refractivity contribution in [2.24, 2.45) is 0 Å². The SMILES string of the molecule is COc1cccc(-c2cc(C(=O)N3CCN(C(=O)c4cccnc4)CC3)[nH]n2)c1. The molecule has 3 aromatic rings. The zero-order valence-corrected chi connectivity index (χ0v) is 16.0. The van der Waals surface area contributed by atoms with E-state index in [0.717, 1.165) is 11.3 Å². The van der Waals surface area contributed by atoms with Crippen molar-refractivity contribution in [3.8, 4) is 17.0 Å². The Bertz CT molecular complexity index is 1010. The van der Waals surface area contributed by atoms with Crippen molar-refractivity contribution in [1.82, 2.24) is 25.0 Å². The summed E-state index contributed by atoms with van der Waals surface area (Å²) >= 11 is 0. The highest BCUT2D eigenvalue weighted by molar-refractivity contribution is 5.95. The van der Waals surface area contributed by atoms with Gasteiger partial charge in [-0.05, 0) is 30.3 Å². The third kappa shape index (κ3) is 3.96. The van der Waals surface area contributed by atoms with Gasteiger partial charge < -0.3 is 14.5 Å². The molecule has 1 aliphatic rings. The van der Waals surface area contributed by atoms with E-state index in [-0.39, 0.29) is 11.8 Å². The number of piperazine rings is 1. The largest absolute Gasteiger partial charge is 0.497 e. The van der Waals surface area contributed by atoms with Gasteiger partial charge in [-0.3, -0.25) is 19.7 Å². The Morgan fingerprint density at radius 3 is 2.45 bits per heavy atom. The molecule has 1 saturated heterocycles. The number of aromatic amines is 1. The van der Waals surface area contributed by atoms with Crippen LogP contribution in [0.4, 0.5) is 0 Å².